The molecule has 140 valence electrons. The molecule has 0 aromatic heterocycles. The van der Waals surface area contributed by atoms with E-state index in [1.807, 2.05) is 0 Å². The third-order valence-electron chi connectivity index (χ3n) is 4.20. The van der Waals surface area contributed by atoms with E-state index in [1.54, 1.807) is 19.2 Å². The number of hydrogen-bond acceptors (Lipinski definition) is 2. The highest BCUT2D eigenvalue weighted by Gasteiger charge is 2.23. The van der Waals surface area contributed by atoms with Crippen LogP contribution in [0.15, 0.2) is 27.7 Å². The second-order valence-corrected chi connectivity index (χ2v) is 6.95. The predicted molar refractivity (Wildman–Crippen MR) is 113 cm³/mol. The first-order valence-electron chi connectivity index (χ1n) is 8.17. The van der Waals surface area contributed by atoms with E-state index < -0.39 is 0 Å². The third kappa shape index (κ3) is 7.08. The lowest BCUT2D eigenvalue weighted by Gasteiger charge is -2.34. The summed E-state index contributed by atoms with van der Waals surface area (Å²) in [4.78, 5) is 17.6. The Hall–Kier alpha value is -0.900. The van der Waals surface area contributed by atoms with Gasteiger partial charge in [0.25, 0.3) is 0 Å². The number of carbonyl (C=O) groups is 1. The Morgan fingerprint density at radius 3 is 2.92 bits per heavy atom. The monoisotopic (exact) mass is 526 g/mol. The highest BCUT2D eigenvalue weighted by Crippen LogP contribution is 2.19. The van der Waals surface area contributed by atoms with Crippen LogP contribution in [0.1, 0.15) is 24.8 Å². The average molecular weight is 527 g/mol. The van der Waals surface area contributed by atoms with Gasteiger partial charge >= 0.3 is 0 Å². The van der Waals surface area contributed by atoms with Crippen LogP contribution < -0.4 is 11.1 Å². The molecule has 0 radical (unpaired) electrons. The molecule has 5 nitrogen and oxygen atoms in total. The molecule has 1 aliphatic rings. The molecular weight excluding hydrogens is 502 g/mol. The molecule has 1 aromatic carbocycles. The highest BCUT2D eigenvalue weighted by molar-refractivity contribution is 14.0. The number of primary amides is 1. The molecule has 1 saturated heterocycles. The summed E-state index contributed by atoms with van der Waals surface area (Å²) in [6.07, 6.45) is 3.26. The van der Waals surface area contributed by atoms with E-state index in [0.29, 0.717) is 23.4 Å². The zero-order valence-corrected chi connectivity index (χ0v) is 18.2. The van der Waals surface area contributed by atoms with E-state index in [0.717, 1.165) is 43.9 Å². The number of guanidine groups is 1. The summed E-state index contributed by atoms with van der Waals surface area (Å²) in [5.74, 6) is 0.635. The topological polar surface area (TPSA) is 70.7 Å². The first-order chi connectivity index (χ1) is 11.5. The van der Waals surface area contributed by atoms with Crippen LogP contribution in [-0.4, -0.2) is 43.4 Å². The molecule has 1 amide bonds. The van der Waals surface area contributed by atoms with Gasteiger partial charge in [-0.3, -0.25) is 9.79 Å². The number of amides is 1. The normalized spacial score (nSPS) is 17.8. The molecule has 1 fully saturated rings. The van der Waals surface area contributed by atoms with Crippen molar-refractivity contribution in [2.45, 2.75) is 25.7 Å². The van der Waals surface area contributed by atoms with Crippen LogP contribution in [0.2, 0.25) is 0 Å². The maximum atomic E-state index is 13.3. The highest BCUT2D eigenvalue weighted by atomic mass is 127. The number of aliphatic imine (C=N–C) groups is 1. The average Bonchev–Trinajstić information content (AvgIpc) is 2.54. The molecule has 0 bridgehead atoms. The number of likely N-dealkylation sites (tertiary alicyclic amines) is 1. The second-order valence-electron chi connectivity index (χ2n) is 6.10. The predicted octanol–water partition coefficient (Wildman–Crippen LogP) is 2.91. The van der Waals surface area contributed by atoms with Crippen LogP contribution >= 0.6 is 39.9 Å². The zero-order valence-electron chi connectivity index (χ0n) is 14.3. The number of benzene rings is 1. The van der Waals surface area contributed by atoms with Crippen LogP contribution in [0.25, 0.3) is 0 Å². The first kappa shape index (κ1) is 22.1. The van der Waals surface area contributed by atoms with Crippen molar-refractivity contribution < 1.29 is 9.18 Å². The summed E-state index contributed by atoms with van der Waals surface area (Å²) in [5, 5.41) is 3.35. The van der Waals surface area contributed by atoms with Crippen molar-refractivity contribution >= 4 is 51.8 Å². The Labute approximate surface area is 173 Å². The molecule has 0 spiro atoms. The van der Waals surface area contributed by atoms with Gasteiger partial charge in [-0.05, 0) is 58.8 Å². The SMILES string of the molecule is CN=C(NCCc1ccc(F)c(Br)c1)N1CCCC(CC(N)=O)C1.I. The van der Waals surface area contributed by atoms with Gasteiger partial charge in [0.15, 0.2) is 5.96 Å². The fourth-order valence-corrected chi connectivity index (χ4v) is 3.48. The lowest BCUT2D eigenvalue weighted by Crippen LogP contribution is -2.47. The zero-order chi connectivity index (χ0) is 17.5. The van der Waals surface area contributed by atoms with Crippen LogP contribution in [0, 0.1) is 11.7 Å². The van der Waals surface area contributed by atoms with Crippen molar-refractivity contribution in [2.75, 3.05) is 26.7 Å². The summed E-state index contributed by atoms with van der Waals surface area (Å²) in [5.41, 5.74) is 6.36. The van der Waals surface area contributed by atoms with Crippen molar-refractivity contribution in [3.8, 4) is 0 Å². The number of piperidine rings is 1. The van der Waals surface area contributed by atoms with Crippen molar-refractivity contribution in [3.63, 3.8) is 0 Å². The number of halogens is 3. The summed E-state index contributed by atoms with van der Waals surface area (Å²) in [6.45, 7) is 2.43. The maximum absolute atomic E-state index is 13.3. The minimum absolute atomic E-state index is 0. The molecular formula is C17H25BrFIN4O. The van der Waals surface area contributed by atoms with E-state index in [9.17, 15) is 9.18 Å². The van der Waals surface area contributed by atoms with E-state index in [-0.39, 0.29) is 35.7 Å². The van der Waals surface area contributed by atoms with Crippen LogP contribution in [0.3, 0.4) is 0 Å². The van der Waals surface area contributed by atoms with Gasteiger partial charge < -0.3 is 16.0 Å². The molecule has 25 heavy (non-hydrogen) atoms. The smallest absolute Gasteiger partial charge is 0.217 e. The minimum atomic E-state index is -0.253. The van der Waals surface area contributed by atoms with Gasteiger partial charge in [0.2, 0.25) is 5.91 Å². The fraction of sp³-hybridized carbons (Fsp3) is 0.529. The lowest BCUT2D eigenvalue weighted by atomic mass is 9.95. The molecule has 3 N–H and O–H groups in total. The lowest BCUT2D eigenvalue weighted by molar-refractivity contribution is -0.119. The molecule has 0 aliphatic carbocycles. The van der Waals surface area contributed by atoms with Gasteiger partial charge in [-0.2, -0.15) is 0 Å². The molecule has 1 aromatic rings. The van der Waals surface area contributed by atoms with Crippen molar-refractivity contribution in [3.05, 3.63) is 34.1 Å². The van der Waals surface area contributed by atoms with Crippen LogP contribution in [-0.2, 0) is 11.2 Å². The maximum Gasteiger partial charge on any atom is 0.217 e. The van der Waals surface area contributed by atoms with E-state index in [1.165, 1.54) is 6.07 Å². The number of carbonyl (C=O) groups excluding carboxylic acids is 1. The Bertz CT molecular complexity index is 614. The van der Waals surface area contributed by atoms with Gasteiger partial charge in [0.1, 0.15) is 5.82 Å². The molecule has 1 aliphatic heterocycles. The fourth-order valence-electron chi connectivity index (χ4n) is 3.05. The minimum Gasteiger partial charge on any atom is -0.370 e. The van der Waals surface area contributed by atoms with Gasteiger partial charge in [-0.15, -0.1) is 24.0 Å². The first-order valence-corrected chi connectivity index (χ1v) is 8.96. The summed E-state index contributed by atoms with van der Waals surface area (Å²) in [7, 11) is 1.76. The summed E-state index contributed by atoms with van der Waals surface area (Å²) < 4.78 is 13.7. The molecule has 1 atom stereocenters. The third-order valence-corrected chi connectivity index (χ3v) is 4.81. The van der Waals surface area contributed by atoms with Crippen molar-refractivity contribution in [1.82, 2.24) is 10.2 Å². The van der Waals surface area contributed by atoms with E-state index in [2.05, 4.69) is 31.1 Å². The number of nitrogens with zero attached hydrogens (tertiary/aromatic N) is 2. The van der Waals surface area contributed by atoms with E-state index >= 15 is 0 Å². The summed E-state index contributed by atoms with van der Waals surface area (Å²) >= 11 is 3.20. The van der Waals surface area contributed by atoms with Crippen molar-refractivity contribution in [2.24, 2.45) is 16.6 Å². The Morgan fingerprint density at radius 1 is 1.52 bits per heavy atom. The summed E-state index contributed by atoms with van der Waals surface area (Å²) in [6, 6.07) is 5.05. The van der Waals surface area contributed by atoms with Gasteiger partial charge in [-0.1, -0.05) is 6.07 Å². The molecule has 1 unspecified atom stereocenters. The van der Waals surface area contributed by atoms with E-state index in [4.69, 9.17) is 5.73 Å². The van der Waals surface area contributed by atoms with Crippen LogP contribution in [0.4, 0.5) is 4.39 Å². The molecule has 1 heterocycles. The van der Waals surface area contributed by atoms with Crippen LogP contribution in [0.5, 0.6) is 0 Å². The van der Waals surface area contributed by atoms with Gasteiger partial charge in [0.05, 0.1) is 4.47 Å². The Kier molecular flexibility index (Phi) is 9.70. The molecule has 0 saturated carbocycles. The number of hydrogen-bond donors (Lipinski definition) is 2. The number of nitrogens with two attached hydrogens (primary N) is 1. The second kappa shape index (κ2) is 10.9. The largest absolute Gasteiger partial charge is 0.370 e. The number of nitrogens with one attached hydrogen (secondary N) is 1. The Balaban J connectivity index is 0.00000312. The number of rotatable bonds is 5. The molecule has 8 heteroatoms. The Morgan fingerprint density at radius 2 is 2.28 bits per heavy atom. The van der Waals surface area contributed by atoms with Gasteiger partial charge in [0, 0.05) is 33.1 Å². The quantitative estimate of drug-likeness (QED) is 0.352. The standard InChI is InChI=1S/C17H24BrFN4O.HI/c1-21-17(23-8-2-3-13(11-23)10-16(20)24)22-7-6-12-4-5-15(19)14(18)9-12;/h4-5,9,13H,2-3,6-8,10-11H2,1H3,(H2,20,24)(H,21,22);1H. The van der Waals surface area contributed by atoms with Gasteiger partial charge in [-0.25, -0.2) is 4.39 Å². The van der Waals surface area contributed by atoms with Crippen molar-refractivity contribution in [1.29, 1.82) is 0 Å². The molecule has 2 rings (SSSR count).